The molecule has 0 saturated carbocycles. The number of pyridine rings is 1. The number of fused-ring (bicyclic) bond motifs is 1. The van der Waals surface area contributed by atoms with Crippen LogP contribution in [0.2, 0.25) is 0 Å². The minimum Gasteiger partial charge on any atom is -0.303 e. The van der Waals surface area contributed by atoms with Crippen LogP contribution in [0.3, 0.4) is 0 Å². The number of hydrogen-bond acceptors (Lipinski definition) is 3. The maximum atomic E-state index is 11.1. The van der Waals surface area contributed by atoms with E-state index in [9.17, 15) is 4.79 Å². The highest BCUT2D eigenvalue weighted by molar-refractivity contribution is 5.74. The van der Waals surface area contributed by atoms with E-state index in [-0.39, 0.29) is 0 Å². The van der Waals surface area contributed by atoms with Gasteiger partial charge >= 0.3 is 0 Å². The minimum atomic E-state index is 0.658. The molecule has 4 heteroatoms. The first-order chi connectivity index (χ1) is 9.31. The summed E-state index contributed by atoms with van der Waals surface area (Å²) in [6.45, 7) is 5.66. The summed E-state index contributed by atoms with van der Waals surface area (Å²) in [5.41, 5.74) is 1.69. The number of carbonyl (C=O) groups is 1. The average Bonchev–Trinajstić information content (AvgIpc) is 3.06. The first-order valence-electron chi connectivity index (χ1n) is 6.94. The van der Waals surface area contributed by atoms with E-state index in [1.165, 1.54) is 13.0 Å². The third-order valence-electron chi connectivity index (χ3n) is 4.06. The van der Waals surface area contributed by atoms with Gasteiger partial charge in [-0.3, -0.25) is 9.20 Å². The number of rotatable bonds is 4. The molecule has 100 valence electrons. The molecule has 19 heavy (non-hydrogen) atoms. The van der Waals surface area contributed by atoms with E-state index in [0.717, 1.165) is 37.1 Å². The third-order valence-corrected chi connectivity index (χ3v) is 4.06. The van der Waals surface area contributed by atoms with E-state index in [2.05, 4.69) is 16.8 Å². The fraction of sp³-hybridized carbons (Fsp3) is 0.467. The number of imidazole rings is 1. The summed E-state index contributed by atoms with van der Waals surface area (Å²) in [6.07, 6.45) is 4.95. The van der Waals surface area contributed by atoms with Gasteiger partial charge in [-0.1, -0.05) is 13.0 Å². The second-order valence-corrected chi connectivity index (χ2v) is 5.26. The lowest BCUT2D eigenvalue weighted by atomic mass is 10.0. The summed E-state index contributed by atoms with van der Waals surface area (Å²) < 4.78 is 1.99. The van der Waals surface area contributed by atoms with Crippen molar-refractivity contribution in [2.24, 2.45) is 5.92 Å². The van der Waals surface area contributed by atoms with Gasteiger partial charge in [0.1, 0.15) is 5.82 Å². The molecule has 3 heterocycles. The summed E-state index contributed by atoms with van der Waals surface area (Å²) in [7, 11) is 0. The molecule has 0 aliphatic carbocycles. The Morgan fingerprint density at radius 1 is 1.47 bits per heavy atom. The van der Waals surface area contributed by atoms with Crippen LogP contribution >= 0.6 is 0 Å². The topological polar surface area (TPSA) is 37.6 Å². The zero-order chi connectivity index (χ0) is 13.2. The zero-order valence-corrected chi connectivity index (χ0v) is 11.2. The van der Waals surface area contributed by atoms with Crippen molar-refractivity contribution in [1.29, 1.82) is 0 Å². The number of likely N-dealkylation sites (tertiary alicyclic amines) is 1. The predicted molar refractivity (Wildman–Crippen MR) is 74.5 cm³/mol. The lowest BCUT2D eigenvalue weighted by Gasteiger charge is -2.13. The monoisotopic (exact) mass is 257 g/mol. The highest BCUT2D eigenvalue weighted by Crippen LogP contribution is 2.21. The quantitative estimate of drug-likeness (QED) is 0.787. The Balaban J connectivity index is 1.87. The van der Waals surface area contributed by atoms with Gasteiger partial charge in [-0.15, -0.1) is 0 Å². The molecule has 2 aromatic heterocycles. The number of aldehydes is 1. The molecular formula is C15H19N3O. The maximum Gasteiger partial charge on any atom is 0.166 e. The van der Waals surface area contributed by atoms with Crippen molar-refractivity contribution in [3.8, 4) is 0 Å². The Bertz CT molecular complexity index is 590. The van der Waals surface area contributed by atoms with Crippen molar-refractivity contribution < 1.29 is 4.79 Å². The van der Waals surface area contributed by atoms with E-state index in [1.54, 1.807) is 0 Å². The van der Waals surface area contributed by atoms with Gasteiger partial charge in [-0.25, -0.2) is 4.98 Å². The van der Waals surface area contributed by atoms with E-state index in [0.29, 0.717) is 11.6 Å². The van der Waals surface area contributed by atoms with Gasteiger partial charge in [-0.2, -0.15) is 0 Å². The fourth-order valence-corrected chi connectivity index (χ4v) is 3.00. The second kappa shape index (κ2) is 5.13. The van der Waals surface area contributed by atoms with Gasteiger partial charge in [0.2, 0.25) is 0 Å². The van der Waals surface area contributed by atoms with E-state index in [4.69, 9.17) is 0 Å². The Labute approximate surface area is 113 Å². The van der Waals surface area contributed by atoms with Crippen molar-refractivity contribution in [3.05, 3.63) is 35.9 Å². The van der Waals surface area contributed by atoms with E-state index < -0.39 is 0 Å². The summed E-state index contributed by atoms with van der Waals surface area (Å²) in [5, 5.41) is 0. The molecule has 2 aromatic rings. The first kappa shape index (κ1) is 12.4. The smallest absolute Gasteiger partial charge is 0.166 e. The van der Waals surface area contributed by atoms with Gasteiger partial charge in [0.25, 0.3) is 0 Å². The van der Waals surface area contributed by atoms with Crippen molar-refractivity contribution in [3.63, 3.8) is 0 Å². The standard InChI is InChI=1S/C15H19N3O/c1-2-17-7-6-12(10-17)8-15-16-9-13-4-3-5-14(11-19)18(13)15/h3-5,9,11-12H,2,6-8,10H2,1H3. The summed E-state index contributed by atoms with van der Waals surface area (Å²) in [5.74, 6) is 1.67. The van der Waals surface area contributed by atoms with E-state index >= 15 is 0 Å². The molecule has 1 aliphatic heterocycles. The second-order valence-electron chi connectivity index (χ2n) is 5.26. The largest absolute Gasteiger partial charge is 0.303 e. The van der Waals surface area contributed by atoms with E-state index in [1.807, 2.05) is 28.8 Å². The number of carbonyl (C=O) groups excluding carboxylic acids is 1. The highest BCUT2D eigenvalue weighted by atomic mass is 16.1. The molecule has 0 spiro atoms. The molecule has 3 rings (SSSR count). The molecule has 4 nitrogen and oxygen atoms in total. The highest BCUT2D eigenvalue weighted by Gasteiger charge is 2.23. The molecule has 1 atom stereocenters. The molecule has 1 saturated heterocycles. The van der Waals surface area contributed by atoms with Crippen LogP contribution in [0.15, 0.2) is 24.4 Å². The van der Waals surface area contributed by atoms with Crippen LogP contribution in [0, 0.1) is 5.92 Å². The summed E-state index contributed by atoms with van der Waals surface area (Å²) >= 11 is 0. The molecular weight excluding hydrogens is 238 g/mol. The SMILES string of the molecule is CCN1CCC(Cc2ncc3cccc(C=O)n23)C1. The van der Waals surface area contributed by atoms with Gasteiger partial charge in [-0.05, 0) is 37.6 Å². The number of hydrogen-bond donors (Lipinski definition) is 0. The summed E-state index contributed by atoms with van der Waals surface area (Å²) in [4.78, 5) is 18.1. The van der Waals surface area contributed by atoms with Crippen LogP contribution in [0.4, 0.5) is 0 Å². The van der Waals surface area contributed by atoms with Crippen molar-refractivity contribution in [1.82, 2.24) is 14.3 Å². The Hall–Kier alpha value is -1.68. The zero-order valence-electron chi connectivity index (χ0n) is 11.2. The minimum absolute atomic E-state index is 0.658. The normalized spacial score (nSPS) is 20.2. The van der Waals surface area contributed by atoms with Gasteiger partial charge in [0.05, 0.1) is 17.4 Å². The predicted octanol–water partition coefficient (Wildman–Crippen LogP) is 2.03. The average molecular weight is 257 g/mol. The Morgan fingerprint density at radius 3 is 3.11 bits per heavy atom. The number of aromatic nitrogens is 2. The molecule has 1 unspecified atom stereocenters. The molecule has 0 amide bonds. The number of nitrogens with zero attached hydrogens (tertiary/aromatic N) is 3. The molecule has 0 bridgehead atoms. The fourth-order valence-electron chi connectivity index (χ4n) is 3.00. The lowest BCUT2D eigenvalue weighted by Crippen LogP contribution is -2.20. The molecule has 1 fully saturated rings. The van der Waals surface area contributed by atoms with Crippen molar-refractivity contribution in [2.75, 3.05) is 19.6 Å². The Kier molecular flexibility index (Phi) is 3.34. The molecule has 0 N–H and O–H groups in total. The first-order valence-corrected chi connectivity index (χ1v) is 6.94. The molecule has 0 radical (unpaired) electrons. The van der Waals surface area contributed by atoms with Gasteiger partial charge in [0, 0.05) is 13.0 Å². The van der Waals surface area contributed by atoms with Crippen molar-refractivity contribution >= 4 is 11.8 Å². The molecule has 1 aliphatic rings. The molecule has 0 aromatic carbocycles. The van der Waals surface area contributed by atoms with Crippen LogP contribution in [-0.4, -0.2) is 40.2 Å². The summed E-state index contributed by atoms with van der Waals surface area (Å²) in [6, 6.07) is 5.74. The lowest BCUT2D eigenvalue weighted by molar-refractivity contribution is 0.111. The third kappa shape index (κ3) is 2.28. The van der Waals surface area contributed by atoms with Crippen LogP contribution in [0.25, 0.3) is 5.52 Å². The van der Waals surface area contributed by atoms with Crippen LogP contribution in [0.1, 0.15) is 29.7 Å². The van der Waals surface area contributed by atoms with Gasteiger partial charge < -0.3 is 4.90 Å². The van der Waals surface area contributed by atoms with Gasteiger partial charge in [0.15, 0.2) is 6.29 Å². The van der Waals surface area contributed by atoms with Crippen LogP contribution in [-0.2, 0) is 6.42 Å². The van der Waals surface area contributed by atoms with Crippen molar-refractivity contribution in [2.45, 2.75) is 19.8 Å². The van der Waals surface area contributed by atoms with Crippen LogP contribution in [0.5, 0.6) is 0 Å². The Morgan fingerprint density at radius 2 is 2.37 bits per heavy atom. The maximum absolute atomic E-state index is 11.1. The van der Waals surface area contributed by atoms with Crippen LogP contribution < -0.4 is 0 Å².